The molecule has 0 saturated heterocycles. The highest BCUT2D eigenvalue weighted by Crippen LogP contribution is 2.19. The van der Waals surface area contributed by atoms with E-state index in [2.05, 4.69) is 10.0 Å². The molecule has 1 N–H and O–H groups in total. The van der Waals surface area contributed by atoms with Gasteiger partial charge in [-0.1, -0.05) is 17.3 Å². The van der Waals surface area contributed by atoms with Gasteiger partial charge >= 0.3 is 5.97 Å². The molecule has 8 nitrogen and oxygen atoms in total. The number of carboxylic acid groups (broad SMARTS) is 1. The minimum atomic E-state index is -1.16. The molecule has 98 valence electrons. The van der Waals surface area contributed by atoms with Crippen molar-refractivity contribution in [2.75, 3.05) is 6.54 Å². The third-order valence-electron chi connectivity index (χ3n) is 2.23. The maximum atomic E-state index is 11.0. The summed E-state index contributed by atoms with van der Waals surface area (Å²) in [5, 5.41) is 22.9. The number of nitro benzene ring substituents is 1. The Bertz CT molecular complexity index is 576. The van der Waals surface area contributed by atoms with Crippen molar-refractivity contribution in [2.45, 2.75) is 6.42 Å². The molecule has 8 heteroatoms. The van der Waals surface area contributed by atoms with Gasteiger partial charge in [-0.05, 0) is 23.6 Å². The lowest BCUT2D eigenvalue weighted by atomic mass is 10.1. The molecular weight excluding hydrogens is 252 g/mol. The Hall–Kier alpha value is -2.86. The van der Waals surface area contributed by atoms with Gasteiger partial charge in [0, 0.05) is 23.6 Å². The summed E-state index contributed by atoms with van der Waals surface area (Å²) >= 11 is 0. The molecule has 1 aromatic rings. The molecule has 0 radical (unpaired) electrons. The molecule has 0 amide bonds. The smallest absolute Gasteiger partial charge is 0.336 e. The van der Waals surface area contributed by atoms with Crippen LogP contribution in [0.4, 0.5) is 5.69 Å². The zero-order valence-corrected chi connectivity index (χ0v) is 9.76. The molecule has 0 aliphatic carbocycles. The SMILES string of the molecule is [N-]=[N+]=NCCC=Cc1cc([N+](=O)[O-])ccc1C(=O)O. The van der Waals surface area contributed by atoms with Crippen molar-refractivity contribution in [3.63, 3.8) is 0 Å². The molecule has 0 aliphatic heterocycles. The fraction of sp³-hybridized carbons (Fsp3) is 0.182. The highest BCUT2D eigenvalue weighted by molar-refractivity contribution is 5.92. The lowest BCUT2D eigenvalue weighted by Gasteiger charge is -2.01. The number of rotatable bonds is 6. The minimum absolute atomic E-state index is 0.0226. The number of nitrogens with zero attached hydrogens (tertiary/aromatic N) is 4. The molecule has 1 aromatic carbocycles. The zero-order valence-electron chi connectivity index (χ0n) is 9.76. The van der Waals surface area contributed by atoms with Crippen molar-refractivity contribution in [2.24, 2.45) is 5.11 Å². The molecule has 0 fully saturated rings. The van der Waals surface area contributed by atoms with Crippen molar-refractivity contribution in [3.8, 4) is 0 Å². The molecule has 0 unspecified atom stereocenters. The van der Waals surface area contributed by atoms with Gasteiger partial charge in [0.15, 0.2) is 0 Å². The summed E-state index contributed by atoms with van der Waals surface area (Å²) in [4.78, 5) is 23.6. The second kappa shape index (κ2) is 6.77. The summed E-state index contributed by atoms with van der Waals surface area (Å²) in [6, 6.07) is 3.52. The number of benzene rings is 1. The van der Waals surface area contributed by atoms with Crippen molar-refractivity contribution in [1.82, 2.24) is 0 Å². The van der Waals surface area contributed by atoms with E-state index >= 15 is 0 Å². The molecule has 0 atom stereocenters. The predicted molar refractivity (Wildman–Crippen MR) is 67.7 cm³/mol. The van der Waals surface area contributed by atoms with Crippen LogP contribution in [0.15, 0.2) is 29.4 Å². The standard InChI is InChI=1S/C11H10N4O4/c12-14-13-6-2-1-3-8-7-9(15(18)19)4-5-10(8)11(16)17/h1,3-5,7H,2,6H2,(H,16,17). The molecule has 0 heterocycles. The van der Waals surface area contributed by atoms with Gasteiger partial charge in [-0.25, -0.2) is 4.79 Å². The Morgan fingerprint density at radius 2 is 2.32 bits per heavy atom. The number of carbonyl (C=O) groups is 1. The van der Waals surface area contributed by atoms with Crippen molar-refractivity contribution < 1.29 is 14.8 Å². The number of carboxylic acids is 1. The van der Waals surface area contributed by atoms with E-state index in [1.807, 2.05) is 0 Å². The number of aromatic carboxylic acids is 1. The van der Waals surface area contributed by atoms with Gasteiger partial charge < -0.3 is 5.11 Å². The Kier molecular flexibility index (Phi) is 5.06. The fourth-order valence-corrected chi connectivity index (χ4v) is 1.38. The van der Waals surface area contributed by atoms with Gasteiger partial charge in [-0.2, -0.15) is 0 Å². The average molecular weight is 262 g/mol. The third-order valence-corrected chi connectivity index (χ3v) is 2.23. The Morgan fingerprint density at radius 3 is 2.89 bits per heavy atom. The van der Waals surface area contributed by atoms with Crippen LogP contribution in [0.3, 0.4) is 0 Å². The van der Waals surface area contributed by atoms with E-state index in [4.69, 9.17) is 10.6 Å². The van der Waals surface area contributed by atoms with Gasteiger partial charge in [0.1, 0.15) is 0 Å². The minimum Gasteiger partial charge on any atom is -0.478 e. The van der Waals surface area contributed by atoms with Crippen LogP contribution < -0.4 is 0 Å². The van der Waals surface area contributed by atoms with Crippen LogP contribution in [0.2, 0.25) is 0 Å². The predicted octanol–water partition coefficient (Wildman–Crippen LogP) is 3.01. The summed E-state index contributed by atoms with van der Waals surface area (Å²) in [6.45, 7) is 0.240. The summed E-state index contributed by atoms with van der Waals surface area (Å²) in [5.74, 6) is -1.16. The molecule has 0 aliphatic rings. The van der Waals surface area contributed by atoms with Gasteiger partial charge in [-0.15, -0.1) is 0 Å². The van der Waals surface area contributed by atoms with E-state index in [0.717, 1.165) is 6.07 Å². The Balaban J connectivity index is 3.00. The quantitative estimate of drug-likeness (QED) is 0.211. The van der Waals surface area contributed by atoms with Crippen LogP contribution in [0.25, 0.3) is 16.5 Å². The number of azide groups is 1. The van der Waals surface area contributed by atoms with Crippen molar-refractivity contribution >= 4 is 17.7 Å². The Morgan fingerprint density at radius 1 is 1.58 bits per heavy atom. The summed E-state index contributed by atoms with van der Waals surface area (Å²) in [5.41, 5.74) is 8.11. The molecule has 19 heavy (non-hydrogen) atoms. The molecule has 0 spiro atoms. The number of hydrogen-bond acceptors (Lipinski definition) is 4. The van der Waals surface area contributed by atoms with Gasteiger partial charge in [0.2, 0.25) is 0 Å². The first kappa shape index (κ1) is 14.2. The van der Waals surface area contributed by atoms with Crippen LogP contribution in [0.5, 0.6) is 0 Å². The van der Waals surface area contributed by atoms with E-state index in [-0.39, 0.29) is 23.4 Å². The number of non-ortho nitro benzene ring substituents is 1. The summed E-state index contributed by atoms with van der Waals surface area (Å²) in [6.07, 6.45) is 3.48. The third kappa shape index (κ3) is 4.14. The summed E-state index contributed by atoms with van der Waals surface area (Å²) in [7, 11) is 0. The van der Waals surface area contributed by atoms with Gasteiger partial charge in [0.05, 0.1) is 10.5 Å². The summed E-state index contributed by atoms with van der Waals surface area (Å²) < 4.78 is 0. The lowest BCUT2D eigenvalue weighted by Crippen LogP contribution is -2.00. The molecule has 0 bridgehead atoms. The number of nitro groups is 1. The monoisotopic (exact) mass is 262 g/mol. The average Bonchev–Trinajstić information content (AvgIpc) is 2.38. The highest BCUT2D eigenvalue weighted by atomic mass is 16.6. The largest absolute Gasteiger partial charge is 0.478 e. The normalized spacial score (nSPS) is 10.1. The van der Waals surface area contributed by atoms with Crippen LogP contribution >= 0.6 is 0 Å². The highest BCUT2D eigenvalue weighted by Gasteiger charge is 2.13. The number of hydrogen-bond donors (Lipinski definition) is 1. The first-order valence-electron chi connectivity index (χ1n) is 5.25. The molecule has 0 aromatic heterocycles. The van der Waals surface area contributed by atoms with E-state index < -0.39 is 10.9 Å². The van der Waals surface area contributed by atoms with Gasteiger partial charge in [0.25, 0.3) is 5.69 Å². The van der Waals surface area contributed by atoms with E-state index in [0.29, 0.717) is 6.42 Å². The Labute approximate surface area is 107 Å². The maximum absolute atomic E-state index is 11.0. The zero-order chi connectivity index (χ0) is 14.3. The maximum Gasteiger partial charge on any atom is 0.336 e. The van der Waals surface area contributed by atoms with Crippen molar-refractivity contribution in [1.29, 1.82) is 0 Å². The lowest BCUT2D eigenvalue weighted by molar-refractivity contribution is -0.384. The molecule has 1 rings (SSSR count). The first-order valence-corrected chi connectivity index (χ1v) is 5.25. The molecule has 0 saturated carbocycles. The van der Waals surface area contributed by atoms with Crippen LogP contribution in [0, 0.1) is 10.1 Å². The molecular formula is C11H10N4O4. The van der Waals surface area contributed by atoms with Gasteiger partial charge in [-0.3, -0.25) is 10.1 Å². The fourth-order valence-electron chi connectivity index (χ4n) is 1.38. The van der Waals surface area contributed by atoms with E-state index in [1.54, 1.807) is 6.08 Å². The second-order valence-electron chi connectivity index (χ2n) is 3.48. The van der Waals surface area contributed by atoms with Crippen LogP contribution in [0.1, 0.15) is 22.3 Å². The van der Waals surface area contributed by atoms with E-state index in [1.165, 1.54) is 18.2 Å². The second-order valence-corrected chi connectivity index (χ2v) is 3.48. The van der Waals surface area contributed by atoms with Crippen molar-refractivity contribution in [3.05, 3.63) is 56.0 Å². The van der Waals surface area contributed by atoms with Crippen LogP contribution in [-0.2, 0) is 0 Å². The first-order chi connectivity index (χ1) is 9.06. The van der Waals surface area contributed by atoms with Crippen LogP contribution in [-0.4, -0.2) is 22.5 Å². The topological polar surface area (TPSA) is 129 Å². The van der Waals surface area contributed by atoms with E-state index in [9.17, 15) is 14.9 Å².